The van der Waals surface area contributed by atoms with Crippen LogP contribution in [0.2, 0.25) is 0 Å². The molecule has 1 unspecified atom stereocenters. The molecule has 0 aliphatic rings. The molecule has 8 heteroatoms. The standard InChI is InChI=1S/C20H21F2N5O/c1-20(2,3)16(5-6-28)26-19-14(22)8-15(23-4)17(27-19)13-10-25-18-12(13)7-11(21)9-24-18/h7-10,16,28H,5-6H2,1-3H3,(H,24,25)(H,26,27). The molecule has 6 nitrogen and oxygen atoms in total. The Balaban J connectivity index is 2.13. The van der Waals surface area contributed by atoms with E-state index in [1.165, 1.54) is 6.07 Å². The molecule has 0 fully saturated rings. The van der Waals surface area contributed by atoms with Crippen molar-refractivity contribution in [3.05, 3.63) is 47.6 Å². The third-order valence-corrected chi connectivity index (χ3v) is 4.60. The molecule has 0 spiro atoms. The lowest BCUT2D eigenvalue weighted by Crippen LogP contribution is -2.35. The minimum atomic E-state index is -0.661. The zero-order valence-electron chi connectivity index (χ0n) is 15.8. The summed E-state index contributed by atoms with van der Waals surface area (Å²) in [4.78, 5) is 14.6. The lowest BCUT2D eigenvalue weighted by Gasteiger charge is -2.31. The van der Waals surface area contributed by atoms with Crippen molar-refractivity contribution < 1.29 is 13.9 Å². The Labute approximate surface area is 161 Å². The zero-order chi connectivity index (χ0) is 20.5. The third kappa shape index (κ3) is 3.80. The smallest absolute Gasteiger partial charge is 0.216 e. The molecule has 0 aromatic carbocycles. The number of aliphatic hydroxyl groups excluding tert-OH is 1. The topological polar surface area (TPSA) is 78.2 Å². The average Bonchev–Trinajstić information content (AvgIpc) is 3.04. The van der Waals surface area contributed by atoms with Gasteiger partial charge in [0.2, 0.25) is 5.69 Å². The van der Waals surface area contributed by atoms with Gasteiger partial charge in [-0.15, -0.1) is 0 Å². The maximum atomic E-state index is 14.6. The van der Waals surface area contributed by atoms with E-state index in [1.807, 2.05) is 20.8 Å². The first-order valence-corrected chi connectivity index (χ1v) is 8.83. The molecule has 0 saturated heterocycles. The number of aromatic amines is 1. The lowest BCUT2D eigenvalue weighted by molar-refractivity contribution is 0.234. The number of hydrogen-bond acceptors (Lipinski definition) is 4. The van der Waals surface area contributed by atoms with Crippen molar-refractivity contribution in [2.75, 3.05) is 11.9 Å². The van der Waals surface area contributed by atoms with Gasteiger partial charge in [-0.05, 0) is 24.0 Å². The van der Waals surface area contributed by atoms with Gasteiger partial charge in [-0.3, -0.25) is 0 Å². The summed E-state index contributed by atoms with van der Waals surface area (Å²) in [7, 11) is 0. The van der Waals surface area contributed by atoms with E-state index in [9.17, 15) is 13.9 Å². The van der Waals surface area contributed by atoms with Gasteiger partial charge < -0.3 is 15.4 Å². The first kappa shape index (κ1) is 19.7. The lowest BCUT2D eigenvalue weighted by atomic mass is 9.85. The molecule has 0 saturated carbocycles. The number of hydrogen-bond donors (Lipinski definition) is 3. The molecule has 3 aromatic rings. The van der Waals surface area contributed by atoms with E-state index >= 15 is 0 Å². The molecule has 0 aliphatic heterocycles. The summed E-state index contributed by atoms with van der Waals surface area (Å²) < 4.78 is 28.3. The van der Waals surface area contributed by atoms with Gasteiger partial charge in [-0.1, -0.05) is 20.8 Å². The van der Waals surface area contributed by atoms with Crippen molar-refractivity contribution in [1.29, 1.82) is 0 Å². The van der Waals surface area contributed by atoms with Gasteiger partial charge in [0.1, 0.15) is 11.5 Å². The molecule has 0 radical (unpaired) electrons. The molecule has 146 valence electrons. The summed E-state index contributed by atoms with van der Waals surface area (Å²) in [6.45, 7) is 13.2. The summed E-state index contributed by atoms with van der Waals surface area (Å²) in [5, 5.41) is 12.8. The number of halogens is 2. The molecule has 28 heavy (non-hydrogen) atoms. The number of H-pyrrole nitrogens is 1. The van der Waals surface area contributed by atoms with E-state index in [0.717, 1.165) is 12.3 Å². The zero-order valence-corrected chi connectivity index (χ0v) is 15.8. The Bertz CT molecular complexity index is 1050. The van der Waals surface area contributed by atoms with Gasteiger partial charge >= 0.3 is 0 Å². The maximum absolute atomic E-state index is 14.6. The number of nitrogens with zero attached hydrogens (tertiary/aromatic N) is 3. The Morgan fingerprint density at radius 3 is 2.71 bits per heavy atom. The SMILES string of the molecule is [C-]#[N+]c1cc(F)c(NC(CCO)C(C)(C)C)nc1-c1c[nH]c2ncc(F)cc12. The van der Waals surface area contributed by atoms with Gasteiger partial charge in [0.15, 0.2) is 11.6 Å². The van der Waals surface area contributed by atoms with Crippen LogP contribution in [0.1, 0.15) is 27.2 Å². The van der Waals surface area contributed by atoms with E-state index < -0.39 is 11.6 Å². The maximum Gasteiger partial charge on any atom is 0.216 e. The predicted octanol–water partition coefficient (Wildman–Crippen LogP) is 4.66. The number of fused-ring (bicyclic) bond motifs is 1. The molecule has 3 rings (SSSR count). The first-order chi connectivity index (χ1) is 13.2. The number of rotatable bonds is 5. The minimum absolute atomic E-state index is 0.0164. The molecule has 3 heterocycles. The van der Waals surface area contributed by atoms with Crippen molar-refractivity contribution in [2.24, 2.45) is 5.41 Å². The molecule has 3 N–H and O–H groups in total. The van der Waals surface area contributed by atoms with Gasteiger partial charge in [0.05, 0.1) is 18.5 Å². The number of anilines is 1. The van der Waals surface area contributed by atoms with Crippen LogP contribution in [-0.2, 0) is 0 Å². The van der Waals surface area contributed by atoms with E-state index in [-0.39, 0.29) is 35.3 Å². The Morgan fingerprint density at radius 1 is 1.32 bits per heavy atom. The van der Waals surface area contributed by atoms with Crippen LogP contribution in [0.3, 0.4) is 0 Å². The second-order valence-corrected chi connectivity index (χ2v) is 7.63. The van der Waals surface area contributed by atoms with Crippen LogP contribution in [0.4, 0.5) is 20.3 Å². The second kappa shape index (κ2) is 7.52. The first-order valence-electron chi connectivity index (χ1n) is 8.83. The number of nitrogens with one attached hydrogen (secondary N) is 2. The van der Waals surface area contributed by atoms with Crippen LogP contribution >= 0.6 is 0 Å². The Kier molecular flexibility index (Phi) is 5.29. The van der Waals surface area contributed by atoms with Crippen LogP contribution in [0.5, 0.6) is 0 Å². The molecule has 0 bridgehead atoms. The molecular formula is C20H21F2N5O. The Morgan fingerprint density at radius 2 is 2.07 bits per heavy atom. The van der Waals surface area contributed by atoms with Crippen LogP contribution in [-0.4, -0.2) is 32.7 Å². The van der Waals surface area contributed by atoms with Crippen LogP contribution in [0.15, 0.2) is 24.5 Å². The van der Waals surface area contributed by atoms with E-state index in [4.69, 9.17) is 6.57 Å². The highest BCUT2D eigenvalue weighted by Crippen LogP contribution is 2.36. The van der Waals surface area contributed by atoms with E-state index in [2.05, 4.69) is 25.1 Å². The van der Waals surface area contributed by atoms with Crippen LogP contribution < -0.4 is 5.32 Å². The molecule has 3 aromatic heterocycles. The summed E-state index contributed by atoms with van der Waals surface area (Å²) in [5.74, 6) is -1.20. The van der Waals surface area contributed by atoms with Crippen molar-refractivity contribution in [2.45, 2.75) is 33.2 Å². The molecule has 0 aliphatic carbocycles. The normalized spacial score (nSPS) is 12.8. The van der Waals surface area contributed by atoms with E-state index in [0.29, 0.717) is 23.0 Å². The van der Waals surface area contributed by atoms with Crippen molar-refractivity contribution >= 4 is 22.5 Å². The highest BCUT2D eigenvalue weighted by molar-refractivity contribution is 5.96. The number of aromatic nitrogens is 3. The molecule has 1 atom stereocenters. The van der Waals surface area contributed by atoms with Crippen LogP contribution in [0, 0.1) is 23.6 Å². The van der Waals surface area contributed by atoms with E-state index in [1.54, 1.807) is 6.20 Å². The largest absolute Gasteiger partial charge is 0.396 e. The summed E-state index contributed by atoms with van der Waals surface area (Å²) >= 11 is 0. The molecule has 0 amide bonds. The molecular weight excluding hydrogens is 364 g/mol. The fourth-order valence-corrected chi connectivity index (χ4v) is 3.05. The number of pyridine rings is 2. The number of aliphatic hydroxyl groups is 1. The third-order valence-electron chi connectivity index (χ3n) is 4.60. The monoisotopic (exact) mass is 385 g/mol. The summed E-state index contributed by atoms with van der Waals surface area (Å²) in [6.07, 6.45) is 3.07. The van der Waals surface area contributed by atoms with Gasteiger partial charge in [-0.25, -0.2) is 23.6 Å². The van der Waals surface area contributed by atoms with Gasteiger partial charge in [0, 0.05) is 29.8 Å². The Hall–Kier alpha value is -3.05. The van der Waals surface area contributed by atoms with Crippen molar-refractivity contribution in [3.63, 3.8) is 0 Å². The van der Waals surface area contributed by atoms with Crippen LogP contribution in [0.25, 0.3) is 27.1 Å². The fourth-order valence-electron chi connectivity index (χ4n) is 3.05. The van der Waals surface area contributed by atoms with Crippen molar-refractivity contribution in [3.8, 4) is 11.3 Å². The predicted molar refractivity (Wildman–Crippen MR) is 104 cm³/mol. The highest BCUT2D eigenvalue weighted by atomic mass is 19.1. The second-order valence-electron chi connectivity index (χ2n) is 7.63. The highest BCUT2D eigenvalue weighted by Gasteiger charge is 2.26. The fraction of sp³-hybridized carbons (Fsp3) is 0.350. The van der Waals surface area contributed by atoms with Gasteiger partial charge in [0.25, 0.3) is 0 Å². The van der Waals surface area contributed by atoms with Crippen molar-refractivity contribution in [1.82, 2.24) is 15.0 Å². The average molecular weight is 385 g/mol. The van der Waals surface area contributed by atoms with Gasteiger partial charge in [-0.2, -0.15) is 0 Å². The minimum Gasteiger partial charge on any atom is -0.396 e. The quantitative estimate of drug-likeness (QED) is 0.558. The summed E-state index contributed by atoms with van der Waals surface area (Å²) in [5.41, 5.74) is 0.895. The summed E-state index contributed by atoms with van der Waals surface area (Å²) in [6, 6.07) is 2.17.